The Hall–Kier alpha value is -2.94. The van der Waals surface area contributed by atoms with Gasteiger partial charge in [0, 0.05) is 31.6 Å². The molecule has 1 N–H and O–H groups in total. The number of nitrogens with one attached hydrogen (secondary N) is 1. The maximum Gasteiger partial charge on any atom is 0.242 e. The molecule has 0 aliphatic rings. The number of hydrogen-bond donors (Lipinski definition) is 1. The standard InChI is InChI=1S/C25H34FN3O4S/c1-6-27-25(31)20(4)28(17-21-12-7-8-13-22(21)26)24(30)15-10-16-29(34(5,32)33)23-14-9-11-18(2)19(23)3/h7-9,11-14,20H,6,10,15-17H2,1-5H3,(H,27,31). The van der Waals surface area contributed by atoms with Crippen LogP contribution in [0.3, 0.4) is 0 Å². The molecule has 2 aromatic rings. The van der Waals surface area contributed by atoms with E-state index in [2.05, 4.69) is 5.32 Å². The van der Waals surface area contributed by atoms with Crippen LogP contribution in [-0.4, -0.2) is 50.5 Å². The van der Waals surface area contributed by atoms with E-state index in [1.807, 2.05) is 19.9 Å². The van der Waals surface area contributed by atoms with Gasteiger partial charge in [-0.2, -0.15) is 0 Å². The highest BCUT2D eigenvalue weighted by Crippen LogP contribution is 2.25. The fourth-order valence-corrected chi connectivity index (χ4v) is 4.72. The minimum Gasteiger partial charge on any atom is -0.355 e. The molecule has 0 aliphatic carbocycles. The van der Waals surface area contributed by atoms with Gasteiger partial charge in [0.25, 0.3) is 0 Å². The summed E-state index contributed by atoms with van der Waals surface area (Å²) in [5.41, 5.74) is 2.70. The van der Waals surface area contributed by atoms with Gasteiger partial charge in [-0.15, -0.1) is 0 Å². The summed E-state index contributed by atoms with van der Waals surface area (Å²) >= 11 is 0. The normalized spacial score (nSPS) is 12.2. The number of carbonyl (C=O) groups is 2. The number of likely N-dealkylation sites (N-methyl/N-ethyl adjacent to an activating group) is 1. The van der Waals surface area contributed by atoms with Gasteiger partial charge in [0.2, 0.25) is 21.8 Å². The molecule has 2 aromatic carbocycles. The van der Waals surface area contributed by atoms with Crippen molar-refractivity contribution < 1.29 is 22.4 Å². The first-order valence-electron chi connectivity index (χ1n) is 11.3. The molecule has 0 radical (unpaired) electrons. The molecule has 0 fully saturated rings. The van der Waals surface area contributed by atoms with E-state index < -0.39 is 21.9 Å². The molecule has 9 heteroatoms. The van der Waals surface area contributed by atoms with E-state index >= 15 is 0 Å². The number of nitrogens with zero attached hydrogens (tertiary/aromatic N) is 2. The maximum atomic E-state index is 14.3. The SMILES string of the molecule is CCNC(=O)C(C)N(Cc1ccccc1F)C(=O)CCCN(c1cccc(C)c1C)S(C)(=O)=O. The Kier molecular flexibility index (Phi) is 9.61. The molecule has 0 heterocycles. The molecule has 0 saturated carbocycles. The van der Waals surface area contributed by atoms with E-state index in [0.29, 0.717) is 17.8 Å². The minimum atomic E-state index is -3.57. The van der Waals surface area contributed by atoms with Crippen molar-refractivity contribution in [1.29, 1.82) is 0 Å². The molecule has 0 aliphatic heterocycles. The smallest absolute Gasteiger partial charge is 0.242 e. The molecular weight excluding hydrogens is 457 g/mol. The van der Waals surface area contributed by atoms with Crippen molar-refractivity contribution in [3.63, 3.8) is 0 Å². The summed E-state index contributed by atoms with van der Waals surface area (Å²) in [4.78, 5) is 26.9. The van der Waals surface area contributed by atoms with Crippen molar-refractivity contribution in [3.8, 4) is 0 Å². The Morgan fingerprint density at radius 2 is 1.76 bits per heavy atom. The second-order valence-corrected chi connectivity index (χ2v) is 10.2. The van der Waals surface area contributed by atoms with E-state index in [4.69, 9.17) is 0 Å². The third kappa shape index (κ3) is 7.03. The summed E-state index contributed by atoms with van der Waals surface area (Å²) in [6.45, 7) is 7.60. The summed E-state index contributed by atoms with van der Waals surface area (Å²) in [7, 11) is -3.57. The second kappa shape index (κ2) is 12.0. The van der Waals surface area contributed by atoms with Crippen molar-refractivity contribution in [1.82, 2.24) is 10.2 Å². The number of anilines is 1. The first kappa shape index (κ1) is 27.3. The van der Waals surface area contributed by atoms with Crippen LogP contribution in [0.4, 0.5) is 10.1 Å². The second-order valence-electron chi connectivity index (χ2n) is 8.34. The Balaban J connectivity index is 2.20. The Morgan fingerprint density at radius 3 is 2.38 bits per heavy atom. The molecule has 0 saturated heterocycles. The minimum absolute atomic E-state index is 0.00901. The fraction of sp³-hybridized carbons (Fsp3) is 0.440. The first-order valence-corrected chi connectivity index (χ1v) is 13.2. The number of amides is 2. The number of rotatable bonds is 11. The van der Waals surface area contributed by atoms with Gasteiger partial charge < -0.3 is 10.2 Å². The molecule has 0 spiro atoms. The van der Waals surface area contributed by atoms with Gasteiger partial charge in [-0.1, -0.05) is 30.3 Å². The number of hydrogen-bond acceptors (Lipinski definition) is 4. The lowest BCUT2D eigenvalue weighted by atomic mass is 10.1. The van der Waals surface area contributed by atoms with Crippen molar-refractivity contribution >= 4 is 27.5 Å². The zero-order chi connectivity index (χ0) is 25.5. The average Bonchev–Trinajstić information content (AvgIpc) is 2.77. The first-order chi connectivity index (χ1) is 16.0. The molecule has 0 bridgehead atoms. The topological polar surface area (TPSA) is 86.8 Å². The molecule has 1 atom stereocenters. The lowest BCUT2D eigenvalue weighted by Gasteiger charge is -2.29. The maximum absolute atomic E-state index is 14.3. The van der Waals surface area contributed by atoms with Gasteiger partial charge in [0.15, 0.2) is 0 Å². The monoisotopic (exact) mass is 491 g/mol. The summed E-state index contributed by atoms with van der Waals surface area (Å²) in [5, 5.41) is 2.69. The third-order valence-electron chi connectivity index (χ3n) is 5.81. The van der Waals surface area contributed by atoms with Crippen LogP contribution in [-0.2, 0) is 26.2 Å². The van der Waals surface area contributed by atoms with Gasteiger partial charge in [0.05, 0.1) is 11.9 Å². The largest absolute Gasteiger partial charge is 0.355 e. The van der Waals surface area contributed by atoms with Gasteiger partial charge in [-0.05, 0) is 57.4 Å². The van der Waals surface area contributed by atoms with Crippen LogP contribution in [0.5, 0.6) is 0 Å². The molecule has 0 aromatic heterocycles. The van der Waals surface area contributed by atoms with Crippen molar-refractivity contribution in [2.75, 3.05) is 23.7 Å². The number of carbonyl (C=O) groups excluding carboxylic acids is 2. The third-order valence-corrected chi connectivity index (χ3v) is 6.99. The van der Waals surface area contributed by atoms with E-state index in [1.54, 1.807) is 44.2 Å². The Bertz CT molecular complexity index is 1120. The lowest BCUT2D eigenvalue weighted by Crippen LogP contribution is -2.47. The molecule has 186 valence electrons. The van der Waals surface area contributed by atoms with Crippen molar-refractivity contribution in [3.05, 3.63) is 65.0 Å². The van der Waals surface area contributed by atoms with E-state index in [0.717, 1.165) is 17.4 Å². The molecular formula is C25H34FN3O4S. The van der Waals surface area contributed by atoms with Crippen LogP contribution in [0.2, 0.25) is 0 Å². The summed E-state index contributed by atoms with van der Waals surface area (Å²) in [5.74, 6) is -1.14. The van der Waals surface area contributed by atoms with Crippen molar-refractivity contribution in [2.45, 2.75) is 53.1 Å². The highest BCUT2D eigenvalue weighted by atomic mass is 32.2. The number of aryl methyl sites for hydroxylation is 1. The van der Waals surface area contributed by atoms with E-state index in [-0.39, 0.29) is 37.7 Å². The summed E-state index contributed by atoms with van der Waals surface area (Å²) in [6.07, 6.45) is 1.39. The molecule has 2 rings (SSSR count). The van der Waals surface area contributed by atoms with Crippen LogP contribution < -0.4 is 9.62 Å². The summed E-state index contributed by atoms with van der Waals surface area (Å²) < 4.78 is 40.5. The molecule has 7 nitrogen and oxygen atoms in total. The predicted molar refractivity (Wildman–Crippen MR) is 132 cm³/mol. The van der Waals surface area contributed by atoms with Gasteiger partial charge in [0.1, 0.15) is 11.9 Å². The number of sulfonamides is 1. The number of halogens is 1. The zero-order valence-electron chi connectivity index (χ0n) is 20.5. The highest BCUT2D eigenvalue weighted by molar-refractivity contribution is 7.92. The molecule has 34 heavy (non-hydrogen) atoms. The Labute approximate surface area is 202 Å². The van der Waals surface area contributed by atoms with E-state index in [9.17, 15) is 22.4 Å². The average molecular weight is 492 g/mol. The van der Waals surface area contributed by atoms with Crippen LogP contribution in [0.15, 0.2) is 42.5 Å². The van der Waals surface area contributed by atoms with Gasteiger partial charge >= 0.3 is 0 Å². The Morgan fingerprint density at radius 1 is 1.09 bits per heavy atom. The molecule has 2 amide bonds. The highest BCUT2D eigenvalue weighted by Gasteiger charge is 2.27. The lowest BCUT2D eigenvalue weighted by molar-refractivity contribution is -0.140. The zero-order valence-corrected chi connectivity index (χ0v) is 21.3. The van der Waals surface area contributed by atoms with E-state index in [1.165, 1.54) is 15.3 Å². The van der Waals surface area contributed by atoms with Gasteiger partial charge in [-0.25, -0.2) is 12.8 Å². The quantitative estimate of drug-likeness (QED) is 0.521. The number of benzene rings is 2. The molecule has 1 unspecified atom stereocenters. The predicted octanol–water partition coefficient (Wildman–Crippen LogP) is 3.54. The van der Waals surface area contributed by atoms with Crippen LogP contribution in [0.1, 0.15) is 43.4 Å². The fourth-order valence-electron chi connectivity index (χ4n) is 3.70. The summed E-state index contributed by atoms with van der Waals surface area (Å²) in [6, 6.07) is 10.8. The van der Waals surface area contributed by atoms with Gasteiger partial charge in [-0.3, -0.25) is 13.9 Å². The van der Waals surface area contributed by atoms with Crippen LogP contribution in [0.25, 0.3) is 0 Å². The van der Waals surface area contributed by atoms with Crippen molar-refractivity contribution in [2.24, 2.45) is 0 Å². The van der Waals surface area contributed by atoms with Crippen LogP contribution in [0, 0.1) is 19.7 Å². The van der Waals surface area contributed by atoms with Crippen LogP contribution >= 0.6 is 0 Å².